The van der Waals surface area contributed by atoms with Gasteiger partial charge in [0.25, 0.3) is 0 Å². The fourth-order valence-electron chi connectivity index (χ4n) is 0.546. The third-order valence-electron chi connectivity index (χ3n) is 1.07. The molecule has 0 N–H and O–H groups in total. The second-order valence-electron chi connectivity index (χ2n) is 2.05. The van der Waals surface area contributed by atoms with E-state index in [9.17, 15) is 4.79 Å². The van der Waals surface area contributed by atoms with Crippen LogP contribution in [0.15, 0.2) is 0 Å². The Morgan fingerprint density at radius 3 is 2.69 bits per heavy atom. The van der Waals surface area contributed by atoms with Gasteiger partial charge in [0.15, 0.2) is 6.07 Å². The summed E-state index contributed by atoms with van der Waals surface area (Å²) in [5.41, 5.74) is 0. The lowest BCUT2D eigenvalue weighted by Crippen LogP contribution is -2.20. The molecule has 0 rings (SSSR count). The molecule has 0 aliphatic rings. The minimum atomic E-state index is -0.847. The number of methoxy groups -OCH3 is 1. The third-order valence-corrected chi connectivity index (χ3v) is 1.18. The Kier molecular flexibility index (Phi) is 7.77. The Bertz CT molecular complexity index is 141. The number of hydrogen-bond donors (Lipinski definition) is 0. The molecule has 0 bridgehead atoms. The van der Waals surface area contributed by atoms with Gasteiger partial charge in [-0.25, -0.2) is 4.79 Å². The first-order chi connectivity index (χ1) is 6.20. The number of carbonyl (C=O) groups is 1. The van der Waals surface area contributed by atoms with Crippen molar-refractivity contribution in [2.24, 2.45) is 0 Å². The average molecular weight is 213 g/mol. The summed E-state index contributed by atoms with van der Waals surface area (Å²) in [7, 11) is 1.55. The van der Waals surface area contributed by atoms with Crippen molar-refractivity contribution < 1.29 is 23.7 Å². The van der Waals surface area contributed by atoms with E-state index >= 15 is 0 Å². The van der Waals surface area contributed by atoms with E-state index in [2.05, 4.69) is 9.47 Å². The first-order valence-electron chi connectivity index (χ1n) is 3.70. The molecule has 0 saturated heterocycles. The highest BCUT2D eigenvalue weighted by atomic mass is 35.5. The lowest BCUT2D eigenvalue weighted by atomic mass is 10.7. The molecule has 0 spiro atoms. The van der Waals surface area contributed by atoms with E-state index in [0.29, 0.717) is 13.2 Å². The number of hydrogen-bond acceptors (Lipinski definition) is 5. The van der Waals surface area contributed by atoms with Gasteiger partial charge in [-0.1, -0.05) is 11.6 Å². The molecule has 0 aliphatic heterocycles. The van der Waals surface area contributed by atoms with Gasteiger partial charge < -0.3 is 18.9 Å². The number of alkyl halides is 1. The number of carbonyl (C=O) groups excluding carboxylic acids is 1. The number of rotatable bonds is 6. The maximum atomic E-state index is 10.6. The molecule has 0 heterocycles. The summed E-state index contributed by atoms with van der Waals surface area (Å²) < 4.78 is 18.7. The predicted octanol–water partition coefficient (Wildman–Crippen LogP) is 1.34. The van der Waals surface area contributed by atoms with Crippen molar-refractivity contribution in [1.29, 1.82) is 0 Å². The van der Waals surface area contributed by atoms with Gasteiger partial charge in [-0.15, -0.1) is 0 Å². The van der Waals surface area contributed by atoms with Crippen LogP contribution >= 0.6 is 11.6 Å². The van der Waals surface area contributed by atoms with Gasteiger partial charge in [-0.3, -0.25) is 0 Å². The Morgan fingerprint density at radius 2 is 2.15 bits per heavy atom. The number of ether oxygens (including phenoxy) is 4. The van der Waals surface area contributed by atoms with Gasteiger partial charge in [0, 0.05) is 7.11 Å². The molecule has 5 nitrogen and oxygen atoms in total. The monoisotopic (exact) mass is 212 g/mol. The predicted molar refractivity (Wildman–Crippen MR) is 45.6 cm³/mol. The van der Waals surface area contributed by atoms with E-state index in [0.717, 1.165) is 0 Å². The van der Waals surface area contributed by atoms with Crippen LogP contribution in [-0.2, 0) is 18.9 Å². The summed E-state index contributed by atoms with van der Waals surface area (Å²) in [5.74, 6) is 0. The molecule has 0 aromatic carbocycles. The van der Waals surface area contributed by atoms with E-state index in [1.807, 2.05) is 0 Å². The van der Waals surface area contributed by atoms with Crippen LogP contribution in [0.3, 0.4) is 0 Å². The molecule has 0 aliphatic carbocycles. The summed E-state index contributed by atoms with van der Waals surface area (Å²) in [6.07, 6.45) is -1.51. The van der Waals surface area contributed by atoms with Crippen LogP contribution in [0.2, 0.25) is 0 Å². The maximum Gasteiger partial charge on any atom is 0.511 e. The van der Waals surface area contributed by atoms with Crippen LogP contribution in [0.1, 0.15) is 6.92 Å². The normalized spacial score (nSPS) is 12.2. The Balaban J connectivity index is 3.38. The van der Waals surface area contributed by atoms with Crippen molar-refractivity contribution in [3.05, 3.63) is 0 Å². The van der Waals surface area contributed by atoms with Crippen molar-refractivity contribution in [1.82, 2.24) is 0 Å². The van der Waals surface area contributed by atoms with E-state index in [-0.39, 0.29) is 6.07 Å². The van der Waals surface area contributed by atoms with Crippen molar-refractivity contribution in [2.75, 3.05) is 26.4 Å². The molecule has 6 heteroatoms. The van der Waals surface area contributed by atoms with Gasteiger partial charge in [-0.05, 0) is 6.92 Å². The zero-order valence-corrected chi connectivity index (χ0v) is 8.37. The van der Waals surface area contributed by atoms with Gasteiger partial charge >= 0.3 is 6.16 Å². The molecule has 1 atom stereocenters. The molecule has 0 aromatic rings. The van der Waals surface area contributed by atoms with Crippen molar-refractivity contribution in [2.45, 2.75) is 13.2 Å². The van der Waals surface area contributed by atoms with Crippen molar-refractivity contribution in [3.63, 3.8) is 0 Å². The Hall–Kier alpha value is -0.520. The van der Waals surface area contributed by atoms with Crippen LogP contribution in [-0.4, -0.2) is 38.8 Å². The standard InChI is InChI=1S/C7H13ClO5/c1-6(11-4-3-10-2)13-7(9)12-5-8/h6H,3-5H2,1-2H3. The Labute approximate surface area is 81.8 Å². The van der Waals surface area contributed by atoms with E-state index < -0.39 is 12.4 Å². The van der Waals surface area contributed by atoms with E-state index in [1.165, 1.54) is 0 Å². The van der Waals surface area contributed by atoms with Crippen LogP contribution in [0, 0.1) is 0 Å². The average Bonchev–Trinajstić information content (AvgIpc) is 2.05. The lowest BCUT2D eigenvalue weighted by molar-refractivity contribution is -0.116. The highest BCUT2D eigenvalue weighted by Crippen LogP contribution is 1.97. The molecular weight excluding hydrogens is 200 g/mol. The van der Waals surface area contributed by atoms with Crippen molar-refractivity contribution >= 4 is 17.8 Å². The topological polar surface area (TPSA) is 54.0 Å². The van der Waals surface area contributed by atoms with E-state index in [1.54, 1.807) is 14.0 Å². The summed E-state index contributed by atoms with van der Waals surface area (Å²) in [4.78, 5) is 10.6. The molecule has 0 fully saturated rings. The first kappa shape index (κ1) is 12.5. The van der Waals surface area contributed by atoms with Gasteiger partial charge in [0.2, 0.25) is 6.29 Å². The highest BCUT2D eigenvalue weighted by Gasteiger charge is 2.09. The zero-order valence-electron chi connectivity index (χ0n) is 7.62. The largest absolute Gasteiger partial charge is 0.511 e. The summed E-state index contributed by atoms with van der Waals surface area (Å²) in [6, 6.07) is -0.233. The summed E-state index contributed by atoms with van der Waals surface area (Å²) in [5, 5.41) is 0. The maximum absolute atomic E-state index is 10.6. The summed E-state index contributed by atoms with van der Waals surface area (Å²) >= 11 is 5.12. The van der Waals surface area contributed by atoms with Crippen LogP contribution < -0.4 is 0 Å². The lowest BCUT2D eigenvalue weighted by Gasteiger charge is -2.12. The minimum Gasteiger partial charge on any atom is -0.418 e. The third kappa shape index (κ3) is 7.83. The SMILES string of the molecule is COCCOC(C)OC(=O)OCCl. The van der Waals surface area contributed by atoms with Gasteiger partial charge in [0.05, 0.1) is 13.2 Å². The molecule has 0 aromatic heterocycles. The molecule has 78 valence electrons. The quantitative estimate of drug-likeness (QED) is 0.288. The summed E-state index contributed by atoms with van der Waals surface area (Å²) in [6.45, 7) is 2.37. The van der Waals surface area contributed by atoms with Crippen molar-refractivity contribution in [3.8, 4) is 0 Å². The highest BCUT2D eigenvalue weighted by molar-refractivity contribution is 6.17. The molecule has 0 radical (unpaired) electrons. The van der Waals surface area contributed by atoms with E-state index in [4.69, 9.17) is 21.1 Å². The number of halogens is 1. The fourth-order valence-corrected chi connectivity index (χ4v) is 0.635. The fraction of sp³-hybridized carbons (Fsp3) is 0.857. The minimum absolute atomic E-state index is 0.233. The van der Waals surface area contributed by atoms with Crippen LogP contribution in [0.25, 0.3) is 0 Å². The second-order valence-corrected chi connectivity index (χ2v) is 2.27. The molecular formula is C7H13ClO5. The molecule has 1 unspecified atom stereocenters. The van der Waals surface area contributed by atoms with Crippen LogP contribution in [0.5, 0.6) is 0 Å². The zero-order chi connectivity index (χ0) is 10.1. The molecule has 13 heavy (non-hydrogen) atoms. The van der Waals surface area contributed by atoms with Gasteiger partial charge in [-0.2, -0.15) is 0 Å². The Morgan fingerprint density at radius 1 is 1.46 bits per heavy atom. The van der Waals surface area contributed by atoms with Gasteiger partial charge in [0.1, 0.15) is 0 Å². The smallest absolute Gasteiger partial charge is 0.418 e. The first-order valence-corrected chi connectivity index (χ1v) is 4.24. The molecule has 0 amide bonds. The molecule has 0 saturated carbocycles. The second kappa shape index (κ2) is 8.10. The van der Waals surface area contributed by atoms with Crippen LogP contribution in [0.4, 0.5) is 4.79 Å².